The maximum Gasteiger partial charge on any atom is 0.143 e. The fourth-order valence-corrected chi connectivity index (χ4v) is 3.81. The molecule has 0 amide bonds. The molecular weight excluding hydrogens is 314 g/mol. The largest absolute Gasteiger partial charge is 0.497 e. The highest BCUT2D eigenvalue weighted by atomic mass is 16.5. The average molecular weight is 333 g/mol. The van der Waals surface area contributed by atoms with Crippen molar-refractivity contribution in [2.24, 2.45) is 0 Å². The molecular formula is C19H19N5O. The highest BCUT2D eigenvalue weighted by molar-refractivity contribution is 5.53. The number of fused-ring (bicyclic) bond motifs is 2. The summed E-state index contributed by atoms with van der Waals surface area (Å²) < 4.78 is 7.33. The van der Waals surface area contributed by atoms with Crippen LogP contribution in [0.15, 0.2) is 49.3 Å². The van der Waals surface area contributed by atoms with Gasteiger partial charge in [0.05, 0.1) is 7.11 Å². The van der Waals surface area contributed by atoms with Gasteiger partial charge in [0.2, 0.25) is 0 Å². The van der Waals surface area contributed by atoms with Crippen molar-refractivity contribution < 1.29 is 4.74 Å². The molecule has 1 aliphatic carbocycles. The molecule has 0 N–H and O–H groups in total. The number of anilines is 1. The normalized spacial score (nSPS) is 17.4. The van der Waals surface area contributed by atoms with Crippen molar-refractivity contribution in [2.75, 3.05) is 18.6 Å². The molecule has 0 saturated heterocycles. The van der Waals surface area contributed by atoms with Gasteiger partial charge in [0.15, 0.2) is 0 Å². The molecule has 1 fully saturated rings. The molecule has 5 rings (SSSR count). The number of methoxy groups -OCH3 is 1. The fraction of sp³-hybridized carbons (Fsp3) is 0.316. The third kappa shape index (κ3) is 2.36. The topological polar surface area (TPSA) is 56.1 Å². The van der Waals surface area contributed by atoms with E-state index in [-0.39, 0.29) is 5.41 Å². The van der Waals surface area contributed by atoms with E-state index in [1.54, 1.807) is 26.0 Å². The van der Waals surface area contributed by atoms with Crippen molar-refractivity contribution >= 4 is 5.82 Å². The lowest BCUT2D eigenvalue weighted by Gasteiger charge is -2.36. The minimum atomic E-state index is 0.252. The van der Waals surface area contributed by atoms with Crippen LogP contribution in [0.25, 0.3) is 5.82 Å². The molecule has 1 aliphatic heterocycles. The number of hydrogen-bond acceptors (Lipinski definition) is 5. The van der Waals surface area contributed by atoms with Crippen LogP contribution in [0.1, 0.15) is 24.0 Å². The van der Waals surface area contributed by atoms with E-state index in [1.165, 1.54) is 24.0 Å². The summed E-state index contributed by atoms with van der Waals surface area (Å²) >= 11 is 0. The zero-order chi connectivity index (χ0) is 16.9. The Morgan fingerprint density at radius 1 is 1.12 bits per heavy atom. The van der Waals surface area contributed by atoms with Crippen LogP contribution in [0.2, 0.25) is 0 Å². The Hall–Kier alpha value is -2.89. The Labute approximate surface area is 146 Å². The highest BCUT2D eigenvalue weighted by Gasteiger charge is 2.49. The average Bonchev–Trinajstić information content (AvgIpc) is 3.21. The van der Waals surface area contributed by atoms with E-state index in [2.05, 4.69) is 38.1 Å². The molecule has 0 atom stereocenters. The molecule has 6 heteroatoms. The Bertz CT molecular complexity index is 917. The third-order valence-corrected chi connectivity index (χ3v) is 5.33. The molecule has 25 heavy (non-hydrogen) atoms. The van der Waals surface area contributed by atoms with Gasteiger partial charge in [-0.3, -0.25) is 4.57 Å². The van der Waals surface area contributed by atoms with Gasteiger partial charge in [-0.1, -0.05) is 6.07 Å². The van der Waals surface area contributed by atoms with Crippen LogP contribution >= 0.6 is 0 Å². The van der Waals surface area contributed by atoms with Gasteiger partial charge < -0.3 is 9.64 Å². The van der Waals surface area contributed by atoms with Crippen LogP contribution in [0, 0.1) is 0 Å². The van der Waals surface area contributed by atoms with Crippen LogP contribution < -0.4 is 9.64 Å². The maximum absolute atomic E-state index is 5.43. The Kier molecular flexibility index (Phi) is 3.07. The van der Waals surface area contributed by atoms with Crippen LogP contribution in [-0.2, 0) is 12.0 Å². The van der Waals surface area contributed by atoms with E-state index in [4.69, 9.17) is 4.74 Å². The second-order valence-electron chi connectivity index (χ2n) is 6.86. The summed E-state index contributed by atoms with van der Waals surface area (Å²) in [4.78, 5) is 15.4. The van der Waals surface area contributed by atoms with E-state index < -0.39 is 0 Å². The molecule has 2 aliphatic rings. The summed E-state index contributed by atoms with van der Waals surface area (Å²) in [5, 5.41) is 0. The van der Waals surface area contributed by atoms with Crippen molar-refractivity contribution in [1.29, 1.82) is 0 Å². The maximum atomic E-state index is 5.43. The van der Waals surface area contributed by atoms with Crippen molar-refractivity contribution in [1.82, 2.24) is 19.5 Å². The molecule has 1 aromatic carbocycles. The van der Waals surface area contributed by atoms with E-state index in [1.807, 2.05) is 16.8 Å². The first-order valence-corrected chi connectivity index (χ1v) is 8.50. The molecule has 2 aromatic heterocycles. The minimum absolute atomic E-state index is 0.252. The summed E-state index contributed by atoms with van der Waals surface area (Å²) in [6.45, 7) is 1.86. The predicted octanol–water partition coefficient (Wildman–Crippen LogP) is 2.72. The molecule has 1 spiro atoms. The van der Waals surface area contributed by atoms with Crippen LogP contribution in [0.5, 0.6) is 5.75 Å². The van der Waals surface area contributed by atoms with E-state index in [0.29, 0.717) is 0 Å². The molecule has 0 radical (unpaired) electrons. The van der Waals surface area contributed by atoms with Crippen molar-refractivity contribution in [3.63, 3.8) is 0 Å². The summed E-state index contributed by atoms with van der Waals surface area (Å²) in [7, 11) is 1.73. The molecule has 3 heterocycles. The Morgan fingerprint density at radius 2 is 2.00 bits per heavy atom. The van der Waals surface area contributed by atoms with E-state index in [0.717, 1.165) is 30.5 Å². The molecule has 1 saturated carbocycles. The van der Waals surface area contributed by atoms with Crippen LogP contribution in [0.3, 0.4) is 0 Å². The first kappa shape index (κ1) is 14.5. The number of hydrogen-bond donors (Lipinski definition) is 0. The smallest absolute Gasteiger partial charge is 0.143 e. The van der Waals surface area contributed by atoms with Gasteiger partial charge in [0, 0.05) is 37.0 Å². The molecule has 3 aromatic rings. The summed E-state index contributed by atoms with van der Waals surface area (Å²) in [6, 6.07) is 8.50. The number of imidazole rings is 1. The number of rotatable bonds is 3. The monoisotopic (exact) mass is 333 g/mol. The van der Waals surface area contributed by atoms with Gasteiger partial charge in [0.1, 0.15) is 30.0 Å². The van der Waals surface area contributed by atoms with Gasteiger partial charge in [-0.05, 0) is 36.1 Å². The van der Waals surface area contributed by atoms with E-state index >= 15 is 0 Å². The van der Waals surface area contributed by atoms with Gasteiger partial charge in [-0.25, -0.2) is 15.0 Å². The van der Waals surface area contributed by atoms with Crippen LogP contribution in [0.4, 0.5) is 5.82 Å². The van der Waals surface area contributed by atoms with Crippen molar-refractivity contribution in [3.8, 4) is 11.6 Å². The van der Waals surface area contributed by atoms with Crippen molar-refractivity contribution in [2.45, 2.75) is 24.8 Å². The SMILES string of the molecule is COc1ccc2c(c1)C1(CC1)CN(c1cc(-n3ccnc3)ncn1)C2. The summed E-state index contributed by atoms with van der Waals surface area (Å²) in [5.41, 5.74) is 3.07. The van der Waals surface area contributed by atoms with Gasteiger partial charge in [0.25, 0.3) is 0 Å². The van der Waals surface area contributed by atoms with Crippen LogP contribution in [-0.4, -0.2) is 33.2 Å². The second-order valence-corrected chi connectivity index (χ2v) is 6.86. The quantitative estimate of drug-likeness (QED) is 0.738. The van der Waals surface area contributed by atoms with Gasteiger partial charge in [-0.2, -0.15) is 0 Å². The number of nitrogens with zero attached hydrogens (tertiary/aromatic N) is 5. The minimum Gasteiger partial charge on any atom is -0.497 e. The highest BCUT2D eigenvalue weighted by Crippen LogP contribution is 2.53. The first-order chi connectivity index (χ1) is 12.3. The zero-order valence-corrected chi connectivity index (χ0v) is 14.1. The third-order valence-electron chi connectivity index (χ3n) is 5.33. The van der Waals surface area contributed by atoms with Crippen molar-refractivity contribution in [3.05, 3.63) is 60.4 Å². The first-order valence-electron chi connectivity index (χ1n) is 8.50. The molecule has 126 valence electrons. The predicted molar refractivity (Wildman–Crippen MR) is 94.1 cm³/mol. The zero-order valence-electron chi connectivity index (χ0n) is 14.1. The second kappa shape index (κ2) is 5.31. The summed E-state index contributed by atoms with van der Waals surface area (Å²) in [6.07, 6.45) is 9.49. The summed E-state index contributed by atoms with van der Waals surface area (Å²) in [5.74, 6) is 2.75. The Balaban J connectivity index is 1.51. The lowest BCUT2D eigenvalue weighted by atomic mass is 9.87. The molecule has 0 bridgehead atoms. The lowest BCUT2D eigenvalue weighted by molar-refractivity contribution is 0.412. The fourth-order valence-electron chi connectivity index (χ4n) is 3.81. The number of aromatic nitrogens is 4. The van der Waals surface area contributed by atoms with E-state index in [9.17, 15) is 0 Å². The molecule has 0 unspecified atom stereocenters. The Morgan fingerprint density at radius 3 is 2.76 bits per heavy atom. The molecule has 6 nitrogen and oxygen atoms in total. The number of benzene rings is 1. The van der Waals surface area contributed by atoms with Gasteiger partial charge >= 0.3 is 0 Å². The van der Waals surface area contributed by atoms with Gasteiger partial charge in [-0.15, -0.1) is 0 Å². The lowest BCUT2D eigenvalue weighted by Crippen LogP contribution is -2.38. The standard InChI is InChI=1S/C19H19N5O/c1-25-15-3-2-14-10-24(11-19(4-5-19)16(14)8-15)18-9-17(21-12-22-18)23-7-6-20-13-23/h2-3,6-9,12-13H,4-5,10-11H2,1H3. The number of ether oxygens (including phenoxy) is 1.